The molecule has 1 saturated heterocycles. The molecular weight excluding hydrogens is 256 g/mol. The molecular formula is C15H22N2OS. The lowest BCUT2D eigenvalue weighted by molar-refractivity contribution is -0.128. The normalized spacial score (nSPS) is 19.5. The topological polar surface area (TPSA) is 32.3 Å². The highest BCUT2D eigenvalue weighted by atomic mass is 32.2. The minimum atomic E-state index is 0.182. The number of nitrogens with zero attached hydrogens (tertiary/aromatic N) is 1. The van der Waals surface area contributed by atoms with Gasteiger partial charge in [0.15, 0.2) is 0 Å². The van der Waals surface area contributed by atoms with Gasteiger partial charge in [-0.25, -0.2) is 0 Å². The zero-order valence-electron chi connectivity index (χ0n) is 11.8. The fourth-order valence-corrected chi connectivity index (χ4v) is 3.40. The second-order valence-electron chi connectivity index (χ2n) is 5.27. The quantitative estimate of drug-likeness (QED) is 0.898. The maximum absolute atomic E-state index is 12.0. The SMILES string of the molecule is Cc1ccc(C2SCC(=O)N2CCNC(C)C)cc1. The van der Waals surface area contributed by atoms with Gasteiger partial charge in [0.1, 0.15) is 5.37 Å². The minimum Gasteiger partial charge on any atom is -0.325 e. The predicted molar refractivity (Wildman–Crippen MR) is 81.2 cm³/mol. The number of benzene rings is 1. The first-order chi connectivity index (χ1) is 9.08. The molecule has 1 atom stereocenters. The molecule has 0 saturated carbocycles. The largest absolute Gasteiger partial charge is 0.325 e. The van der Waals surface area contributed by atoms with Gasteiger partial charge in [0.2, 0.25) is 5.91 Å². The van der Waals surface area contributed by atoms with E-state index in [9.17, 15) is 4.79 Å². The van der Waals surface area contributed by atoms with Crippen LogP contribution in [0.25, 0.3) is 0 Å². The van der Waals surface area contributed by atoms with Crippen molar-refractivity contribution in [3.63, 3.8) is 0 Å². The van der Waals surface area contributed by atoms with E-state index in [-0.39, 0.29) is 11.3 Å². The Kier molecular flexibility index (Phi) is 4.88. The fraction of sp³-hybridized carbons (Fsp3) is 0.533. The van der Waals surface area contributed by atoms with Crippen LogP contribution in [0, 0.1) is 6.92 Å². The van der Waals surface area contributed by atoms with Gasteiger partial charge in [0.25, 0.3) is 0 Å². The number of aryl methyl sites for hydroxylation is 1. The zero-order valence-corrected chi connectivity index (χ0v) is 12.7. The van der Waals surface area contributed by atoms with Gasteiger partial charge in [-0.15, -0.1) is 11.8 Å². The molecule has 4 heteroatoms. The van der Waals surface area contributed by atoms with Crippen LogP contribution in [0.1, 0.15) is 30.3 Å². The summed E-state index contributed by atoms with van der Waals surface area (Å²) < 4.78 is 0. The third kappa shape index (κ3) is 3.74. The van der Waals surface area contributed by atoms with Gasteiger partial charge in [-0.2, -0.15) is 0 Å². The molecule has 1 fully saturated rings. The summed E-state index contributed by atoms with van der Waals surface area (Å²) in [6.07, 6.45) is 0. The molecule has 1 aromatic rings. The molecule has 1 aliphatic heterocycles. The highest BCUT2D eigenvalue weighted by Gasteiger charge is 2.32. The van der Waals surface area contributed by atoms with Gasteiger partial charge in [-0.05, 0) is 12.5 Å². The van der Waals surface area contributed by atoms with Crippen molar-refractivity contribution >= 4 is 17.7 Å². The molecule has 0 bridgehead atoms. The molecule has 1 amide bonds. The first kappa shape index (κ1) is 14.4. The second-order valence-corrected chi connectivity index (χ2v) is 6.34. The van der Waals surface area contributed by atoms with Crippen LogP contribution in [-0.4, -0.2) is 35.7 Å². The van der Waals surface area contributed by atoms with Gasteiger partial charge in [0, 0.05) is 19.1 Å². The van der Waals surface area contributed by atoms with E-state index in [1.165, 1.54) is 11.1 Å². The monoisotopic (exact) mass is 278 g/mol. The Morgan fingerprint density at radius 2 is 2.05 bits per heavy atom. The number of carbonyl (C=O) groups excluding carboxylic acids is 1. The number of amides is 1. The van der Waals surface area contributed by atoms with E-state index >= 15 is 0 Å². The third-order valence-corrected chi connectivity index (χ3v) is 4.49. The number of rotatable bonds is 5. The van der Waals surface area contributed by atoms with Gasteiger partial charge in [-0.3, -0.25) is 4.79 Å². The number of thioether (sulfide) groups is 1. The van der Waals surface area contributed by atoms with Crippen molar-refractivity contribution < 1.29 is 4.79 Å². The summed E-state index contributed by atoms with van der Waals surface area (Å²) in [5.74, 6) is 0.848. The number of nitrogens with one attached hydrogen (secondary N) is 1. The Morgan fingerprint density at radius 1 is 1.37 bits per heavy atom. The summed E-state index contributed by atoms with van der Waals surface area (Å²) in [6, 6.07) is 8.96. The smallest absolute Gasteiger partial charge is 0.233 e. The molecule has 1 heterocycles. The summed E-state index contributed by atoms with van der Waals surface area (Å²) >= 11 is 1.72. The van der Waals surface area contributed by atoms with Crippen LogP contribution in [-0.2, 0) is 4.79 Å². The molecule has 0 spiro atoms. The predicted octanol–water partition coefficient (Wildman–Crippen LogP) is 2.57. The molecule has 19 heavy (non-hydrogen) atoms. The third-order valence-electron chi connectivity index (χ3n) is 3.24. The zero-order chi connectivity index (χ0) is 13.8. The molecule has 0 radical (unpaired) electrons. The van der Waals surface area contributed by atoms with E-state index in [1.54, 1.807) is 11.8 Å². The van der Waals surface area contributed by atoms with Crippen LogP contribution in [0.4, 0.5) is 0 Å². The standard InChI is InChI=1S/C15H22N2OS/c1-11(2)16-8-9-17-14(18)10-19-15(17)13-6-4-12(3)5-7-13/h4-7,11,15-16H,8-10H2,1-3H3. The average Bonchev–Trinajstić information content (AvgIpc) is 2.72. The highest BCUT2D eigenvalue weighted by Crippen LogP contribution is 2.38. The summed E-state index contributed by atoms with van der Waals surface area (Å²) in [5, 5.41) is 3.55. The summed E-state index contributed by atoms with van der Waals surface area (Å²) in [5.41, 5.74) is 2.48. The van der Waals surface area contributed by atoms with E-state index in [4.69, 9.17) is 0 Å². The molecule has 0 aliphatic carbocycles. The molecule has 1 N–H and O–H groups in total. The average molecular weight is 278 g/mol. The van der Waals surface area contributed by atoms with Crippen molar-refractivity contribution in [2.24, 2.45) is 0 Å². The molecule has 1 unspecified atom stereocenters. The molecule has 0 aromatic heterocycles. The first-order valence-corrected chi connectivity index (χ1v) is 7.84. The van der Waals surface area contributed by atoms with Crippen molar-refractivity contribution in [1.82, 2.24) is 10.2 Å². The summed E-state index contributed by atoms with van der Waals surface area (Å²) in [6.45, 7) is 7.96. The summed E-state index contributed by atoms with van der Waals surface area (Å²) in [4.78, 5) is 14.0. The van der Waals surface area contributed by atoms with E-state index in [1.807, 2.05) is 4.90 Å². The molecule has 1 aromatic carbocycles. The second kappa shape index (κ2) is 6.44. The Labute approximate surface area is 119 Å². The van der Waals surface area contributed by atoms with E-state index in [2.05, 4.69) is 50.4 Å². The molecule has 104 valence electrons. The van der Waals surface area contributed by atoms with Crippen molar-refractivity contribution in [1.29, 1.82) is 0 Å². The minimum absolute atomic E-state index is 0.182. The lowest BCUT2D eigenvalue weighted by Gasteiger charge is -2.25. The Bertz CT molecular complexity index is 430. The Balaban J connectivity index is 2.02. The Morgan fingerprint density at radius 3 is 2.68 bits per heavy atom. The van der Waals surface area contributed by atoms with Gasteiger partial charge >= 0.3 is 0 Å². The van der Waals surface area contributed by atoms with E-state index in [0.717, 1.165) is 13.1 Å². The van der Waals surface area contributed by atoms with Gasteiger partial charge in [0.05, 0.1) is 5.75 Å². The maximum atomic E-state index is 12.0. The van der Waals surface area contributed by atoms with Crippen LogP contribution < -0.4 is 5.32 Å². The van der Waals surface area contributed by atoms with Crippen molar-refractivity contribution in [3.8, 4) is 0 Å². The van der Waals surface area contributed by atoms with Gasteiger partial charge in [-0.1, -0.05) is 43.7 Å². The van der Waals surface area contributed by atoms with E-state index < -0.39 is 0 Å². The van der Waals surface area contributed by atoms with Crippen LogP contribution in [0.15, 0.2) is 24.3 Å². The van der Waals surface area contributed by atoms with Crippen LogP contribution in [0.2, 0.25) is 0 Å². The van der Waals surface area contributed by atoms with E-state index in [0.29, 0.717) is 11.8 Å². The maximum Gasteiger partial charge on any atom is 0.233 e. The lowest BCUT2D eigenvalue weighted by Crippen LogP contribution is -2.37. The molecule has 1 aliphatic rings. The lowest BCUT2D eigenvalue weighted by atomic mass is 10.1. The summed E-state index contributed by atoms with van der Waals surface area (Å²) in [7, 11) is 0. The van der Waals surface area contributed by atoms with Crippen LogP contribution in [0.3, 0.4) is 0 Å². The van der Waals surface area contributed by atoms with Gasteiger partial charge < -0.3 is 10.2 Å². The van der Waals surface area contributed by atoms with Crippen molar-refractivity contribution in [2.45, 2.75) is 32.2 Å². The highest BCUT2D eigenvalue weighted by molar-refractivity contribution is 8.00. The molecule has 3 nitrogen and oxygen atoms in total. The number of hydrogen-bond donors (Lipinski definition) is 1. The van der Waals surface area contributed by atoms with Crippen LogP contribution in [0.5, 0.6) is 0 Å². The molecule has 2 rings (SSSR count). The van der Waals surface area contributed by atoms with Crippen molar-refractivity contribution in [3.05, 3.63) is 35.4 Å². The Hall–Kier alpha value is -1.00. The van der Waals surface area contributed by atoms with Crippen LogP contribution >= 0.6 is 11.8 Å². The first-order valence-electron chi connectivity index (χ1n) is 6.79. The van der Waals surface area contributed by atoms with Crippen molar-refractivity contribution in [2.75, 3.05) is 18.8 Å². The number of carbonyl (C=O) groups is 1. The number of hydrogen-bond acceptors (Lipinski definition) is 3. The fourth-order valence-electron chi connectivity index (χ4n) is 2.18.